The van der Waals surface area contributed by atoms with Crippen LogP contribution in [0.4, 0.5) is 5.69 Å². The van der Waals surface area contributed by atoms with E-state index >= 15 is 0 Å². The van der Waals surface area contributed by atoms with Gasteiger partial charge in [-0.3, -0.25) is 9.20 Å². The average molecular weight is 288 g/mol. The molecule has 0 radical (unpaired) electrons. The van der Waals surface area contributed by atoms with Crippen molar-refractivity contribution in [1.82, 2.24) is 14.6 Å². The third-order valence-electron chi connectivity index (χ3n) is 3.74. The van der Waals surface area contributed by atoms with Crippen molar-refractivity contribution in [3.05, 3.63) is 24.2 Å². The van der Waals surface area contributed by atoms with Crippen molar-refractivity contribution in [2.24, 2.45) is 5.92 Å². The van der Waals surface area contributed by atoms with Crippen molar-refractivity contribution in [1.29, 1.82) is 0 Å². The Morgan fingerprint density at radius 1 is 1.43 bits per heavy atom. The standard InChI is InChI=1S/C15H20N4O2/c1-10(2)14-18-17-13-6-5-12(8-19(13)14)16-15(20)11-4-3-7-21-9-11/h5-6,8,10-11H,3-4,7,9H2,1-2H3,(H,16,20). The van der Waals surface area contributed by atoms with E-state index in [1.54, 1.807) is 0 Å². The normalized spacial score (nSPS) is 19.1. The molecule has 1 atom stereocenters. The summed E-state index contributed by atoms with van der Waals surface area (Å²) in [6.07, 6.45) is 3.71. The maximum absolute atomic E-state index is 12.2. The molecule has 3 rings (SSSR count). The maximum atomic E-state index is 12.2. The predicted molar refractivity (Wildman–Crippen MR) is 79.2 cm³/mol. The number of nitrogens with one attached hydrogen (secondary N) is 1. The van der Waals surface area contributed by atoms with Crippen LogP contribution in [0.25, 0.3) is 5.65 Å². The molecule has 6 nitrogen and oxygen atoms in total. The van der Waals surface area contributed by atoms with Crippen LogP contribution >= 0.6 is 0 Å². The summed E-state index contributed by atoms with van der Waals surface area (Å²) in [5.74, 6) is 1.13. The number of rotatable bonds is 3. The molecule has 1 aliphatic heterocycles. The molecular formula is C15H20N4O2. The first-order chi connectivity index (χ1) is 10.1. The van der Waals surface area contributed by atoms with Crippen molar-refractivity contribution in [2.45, 2.75) is 32.6 Å². The minimum absolute atomic E-state index is 0.0215. The highest BCUT2D eigenvalue weighted by Crippen LogP contribution is 2.19. The van der Waals surface area contributed by atoms with E-state index in [0.29, 0.717) is 6.61 Å². The van der Waals surface area contributed by atoms with Gasteiger partial charge >= 0.3 is 0 Å². The monoisotopic (exact) mass is 288 g/mol. The summed E-state index contributed by atoms with van der Waals surface area (Å²) in [5, 5.41) is 11.3. The molecule has 0 aromatic carbocycles. The molecule has 112 valence electrons. The topological polar surface area (TPSA) is 68.5 Å². The zero-order chi connectivity index (χ0) is 14.8. The molecule has 1 saturated heterocycles. The Morgan fingerprint density at radius 2 is 2.29 bits per heavy atom. The minimum Gasteiger partial charge on any atom is -0.381 e. The van der Waals surface area contributed by atoms with E-state index in [1.807, 2.05) is 22.7 Å². The second-order valence-corrected chi connectivity index (χ2v) is 5.76. The first-order valence-electron chi connectivity index (χ1n) is 7.38. The Balaban J connectivity index is 1.80. The van der Waals surface area contributed by atoms with Gasteiger partial charge in [-0.15, -0.1) is 10.2 Å². The quantitative estimate of drug-likeness (QED) is 0.940. The number of hydrogen-bond acceptors (Lipinski definition) is 4. The Morgan fingerprint density at radius 3 is 3.00 bits per heavy atom. The van der Waals surface area contributed by atoms with E-state index in [0.717, 1.165) is 36.6 Å². The summed E-state index contributed by atoms with van der Waals surface area (Å²) in [7, 11) is 0. The van der Waals surface area contributed by atoms with E-state index in [1.165, 1.54) is 0 Å². The van der Waals surface area contributed by atoms with Crippen molar-refractivity contribution in [3.8, 4) is 0 Å². The number of aromatic nitrogens is 3. The molecule has 21 heavy (non-hydrogen) atoms. The average Bonchev–Trinajstić information content (AvgIpc) is 2.91. The summed E-state index contributed by atoms with van der Waals surface area (Å²) in [4.78, 5) is 12.2. The highest BCUT2D eigenvalue weighted by Gasteiger charge is 2.22. The zero-order valence-corrected chi connectivity index (χ0v) is 12.4. The number of fused-ring (bicyclic) bond motifs is 1. The van der Waals surface area contributed by atoms with Gasteiger partial charge in [-0.2, -0.15) is 0 Å². The highest BCUT2D eigenvalue weighted by atomic mass is 16.5. The lowest BCUT2D eigenvalue weighted by molar-refractivity contribution is -0.123. The molecule has 1 unspecified atom stereocenters. The Bertz CT molecular complexity index is 644. The van der Waals surface area contributed by atoms with Crippen LogP contribution in [-0.4, -0.2) is 33.7 Å². The summed E-state index contributed by atoms with van der Waals surface area (Å²) in [6, 6.07) is 3.72. The molecule has 0 spiro atoms. The van der Waals surface area contributed by atoms with Crippen molar-refractivity contribution >= 4 is 17.2 Å². The van der Waals surface area contributed by atoms with Crippen LogP contribution in [0.1, 0.15) is 38.4 Å². The van der Waals surface area contributed by atoms with Crippen LogP contribution in [-0.2, 0) is 9.53 Å². The number of amides is 1. The minimum atomic E-state index is -0.0556. The lowest BCUT2D eigenvalue weighted by Gasteiger charge is -2.21. The third-order valence-corrected chi connectivity index (χ3v) is 3.74. The molecular weight excluding hydrogens is 268 g/mol. The fraction of sp³-hybridized carbons (Fsp3) is 0.533. The summed E-state index contributed by atoms with van der Waals surface area (Å²) < 4.78 is 7.29. The second-order valence-electron chi connectivity index (χ2n) is 5.76. The van der Waals surface area contributed by atoms with Crippen molar-refractivity contribution in [3.63, 3.8) is 0 Å². The van der Waals surface area contributed by atoms with Gasteiger partial charge in [-0.1, -0.05) is 13.8 Å². The summed E-state index contributed by atoms with van der Waals surface area (Å²) in [6.45, 7) is 5.41. The van der Waals surface area contributed by atoms with Crippen LogP contribution in [0.3, 0.4) is 0 Å². The van der Waals surface area contributed by atoms with Crippen LogP contribution < -0.4 is 5.32 Å². The number of carbonyl (C=O) groups is 1. The summed E-state index contributed by atoms with van der Waals surface area (Å²) >= 11 is 0. The molecule has 2 aromatic rings. The zero-order valence-electron chi connectivity index (χ0n) is 12.4. The number of hydrogen-bond donors (Lipinski definition) is 1. The number of carbonyl (C=O) groups excluding carboxylic acids is 1. The molecule has 0 aliphatic carbocycles. The van der Waals surface area contributed by atoms with E-state index in [4.69, 9.17) is 4.74 Å². The lowest BCUT2D eigenvalue weighted by atomic mass is 10.0. The molecule has 1 fully saturated rings. The highest BCUT2D eigenvalue weighted by molar-refractivity contribution is 5.92. The van der Waals surface area contributed by atoms with Crippen LogP contribution in [0.15, 0.2) is 18.3 Å². The van der Waals surface area contributed by atoms with Crippen molar-refractivity contribution < 1.29 is 9.53 Å². The van der Waals surface area contributed by atoms with Crippen LogP contribution in [0.2, 0.25) is 0 Å². The van der Waals surface area contributed by atoms with E-state index < -0.39 is 0 Å². The van der Waals surface area contributed by atoms with Gasteiger partial charge in [0.05, 0.1) is 18.2 Å². The fourth-order valence-electron chi connectivity index (χ4n) is 2.57. The molecule has 0 bridgehead atoms. The molecule has 1 N–H and O–H groups in total. The number of nitrogens with zero attached hydrogens (tertiary/aromatic N) is 3. The van der Waals surface area contributed by atoms with Gasteiger partial charge in [-0.25, -0.2) is 0 Å². The molecule has 3 heterocycles. The predicted octanol–water partition coefficient (Wildman–Crippen LogP) is 2.22. The fourth-order valence-corrected chi connectivity index (χ4v) is 2.57. The van der Waals surface area contributed by atoms with E-state index in [2.05, 4.69) is 29.4 Å². The van der Waals surface area contributed by atoms with Gasteiger partial charge in [0.15, 0.2) is 5.65 Å². The maximum Gasteiger partial charge on any atom is 0.229 e. The van der Waals surface area contributed by atoms with Gasteiger partial charge in [0.25, 0.3) is 0 Å². The van der Waals surface area contributed by atoms with Crippen LogP contribution in [0, 0.1) is 5.92 Å². The van der Waals surface area contributed by atoms with Gasteiger partial charge in [0.1, 0.15) is 5.82 Å². The van der Waals surface area contributed by atoms with Gasteiger partial charge in [0.2, 0.25) is 5.91 Å². The number of ether oxygens (including phenoxy) is 1. The number of anilines is 1. The summed E-state index contributed by atoms with van der Waals surface area (Å²) in [5.41, 5.74) is 1.55. The first kappa shape index (κ1) is 14.0. The van der Waals surface area contributed by atoms with Crippen molar-refractivity contribution in [2.75, 3.05) is 18.5 Å². The molecule has 1 amide bonds. The van der Waals surface area contributed by atoms with E-state index in [-0.39, 0.29) is 17.7 Å². The largest absolute Gasteiger partial charge is 0.381 e. The van der Waals surface area contributed by atoms with Gasteiger partial charge in [0, 0.05) is 18.7 Å². The smallest absolute Gasteiger partial charge is 0.229 e. The molecule has 0 saturated carbocycles. The van der Waals surface area contributed by atoms with Gasteiger partial charge < -0.3 is 10.1 Å². The number of pyridine rings is 1. The second kappa shape index (κ2) is 5.81. The Kier molecular flexibility index (Phi) is 3.88. The van der Waals surface area contributed by atoms with E-state index in [9.17, 15) is 4.79 Å². The first-order valence-corrected chi connectivity index (χ1v) is 7.38. The molecule has 1 aliphatic rings. The SMILES string of the molecule is CC(C)c1nnc2ccc(NC(=O)C3CCCOC3)cn12. The Hall–Kier alpha value is -1.95. The van der Waals surface area contributed by atoms with Crippen LogP contribution in [0.5, 0.6) is 0 Å². The molecule has 6 heteroatoms. The third kappa shape index (κ3) is 2.90. The van der Waals surface area contributed by atoms with Gasteiger partial charge in [-0.05, 0) is 25.0 Å². The Labute approximate surface area is 123 Å². The lowest BCUT2D eigenvalue weighted by Crippen LogP contribution is -2.30. The molecule has 2 aromatic heterocycles.